The molecule has 3 N–H and O–H groups in total. The number of nitrogens with one attached hydrogen (secondary N) is 1. The second-order valence-corrected chi connectivity index (χ2v) is 6.08. The van der Waals surface area contributed by atoms with Crippen molar-refractivity contribution in [1.82, 2.24) is 15.2 Å². The predicted octanol–water partition coefficient (Wildman–Crippen LogP) is 2.97. The Morgan fingerprint density at radius 2 is 2.00 bits per heavy atom. The molecule has 0 aromatic carbocycles. The van der Waals surface area contributed by atoms with E-state index in [-0.39, 0.29) is 6.04 Å². The molecule has 0 aliphatic heterocycles. The second-order valence-electron chi connectivity index (χ2n) is 6.08. The molecule has 1 heterocycles. The number of hydrogen-bond donors (Lipinski definition) is 2. The number of hydrogen-bond acceptors (Lipinski definition) is 3. The zero-order valence-electron chi connectivity index (χ0n) is 11.7. The number of nitrogens with two attached hydrogens (primary N) is 1. The van der Waals surface area contributed by atoms with Crippen LogP contribution in [0.25, 0.3) is 0 Å². The van der Waals surface area contributed by atoms with E-state index in [2.05, 4.69) is 29.0 Å². The van der Waals surface area contributed by atoms with Crippen molar-refractivity contribution >= 4 is 0 Å². The van der Waals surface area contributed by atoms with Gasteiger partial charge in [-0.15, -0.1) is 0 Å². The van der Waals surface area contributed by atoms with E-state index < -0.39 is 0 Å². The molecule has 2 rings (SSSR count). The molecule has 1 aliphatic carbocycles. The van der Waals surface area contributed by atoms with Gasteiger partial charge >= 0.3 is 0 Å². The van der Waals surface area contributed by atoms with Crippen LogP contribution in [0.15, 0.2) is 0 Å². The normalized spacial score (nSPS) is 19.3. The topological polar surface area (TPSA) is 67.6 Å². The molecule has 0 spiro atoms. The first kappa shape index (κ1) is 13.5. The van der Waals surface area contributed by atoms with Crippen LogP contribution in [-0.4, -0.2) is 15.2 Å². The van der Waals surface area contributed by atoms with Crippen LogP contribution in [0, 0.1) is 11.8 Å². The number of aromatic amines is 1. The average molecular weight is 250 g/mol. The molecule has 1 fully saturated rings. The van der Waals surface area contributed by atoms with Crippen LogP contribution in [0.3, 0.4) is 0 Å². The summed E-state index contributed by atoms with van der Waals surface area (Å²) in [6, 6.07) is 0.00487. The summed E-state index contributed by atoms with van der Waals surface area (Å²) in [5, 5.41) is 7.29. The fourth-order valence-electron chi connectivity index (χ4n) is 2.84. The minimum atomic E-state index is 0.00487. The lowest BCUT2D eigenvalue weighted by Gasteiger charge is -2.23. The van der Waals surface area contributed by atoms with E-state index in [9.17, 15) is 0 Å². The van der Waals surface area contributed by atoms with Crippen LogP contribution < -0.4 is 5.73 Å². The van der Waals surface area contributed by atoms with E-state index in [1.165, 1.54) is 32.1 Å². The fourth-order valence-corrected chi connectivity index (χ4v) is 2.84. The smallest absolute Gasteiger partial charge is 0.167 e. The van der Waals surface area contributed by atoms with Crippen molar-refractivity contribution < 1.29 is 0 Å². The molecule has 0 unspecified atom stereocenters. The van der Waals surface area contributed by atoms with Crippen LogP contribution in [0.5, 0.6) is 0 Å². The van der Waals surface area contributed by atoms with E-state index in [0.29, 0.717) is 5.92 Å². The van der Waals surface area contributed by atoms with Crippen LogP contribution in [0.2, 0.25) is 0 Å². The maximum atomic E-state index is 6.22. The van der Waals surface area contributed by atoms with Crippen molar-refractivity contribution in [2.45, 2.75) is 64.8 Å². The monoisotopic (exact) mass is 250 g/mol. The van der Waals surface area contributed by atoms with Gasteiger partial charge in [0.1, 0.15) is 5.82 Å². The average Bonchev–Trinajstić information content (AvgIpc) is 2.78. The Bertz CT molecular complexity index is 352. The highest BCUT2D eigenvalue weighted by molar-refractivity contribution is 4.97. The van der Waals surface area contributed by atoms with E-state index in [4.69, 9.17) is 5.73 Å². The summed E-state index contributed by atoms with van der Waals surface area (Å²) in [6.07, 6.45) is 8.77. The largest absolute Gasteiger partial charge is 0.321 e. The highest BCUT2D eigenvalue weighted by Gasteiger charge is 2.20. The van der Waals surface area contributed by atoms with Gasteiger partial charge in [0.25, 0.3) is 0 Å². The fraction of sp³-hybridized carbons (Fsp3) is 0.857. The highest BCUT2D eigenvalue weighted by Crippen LogP contribution is 2.29. The summed E-state index contributed by atoms with van der Waals surface area (Å²) in [6.45, 7) is 4.37. The Morgan fingerprint density at radius 1 is 1.28 bits per heavy atom. The molecule has 0 saturated heterocycles. The molecule has 0 bridgehead atoms. The lowest BCUT2D eigenvalue weighted by atomic mass is 9.85. The first-order chi connectivity index (χ1) is 8.65. The van der Waals surface area contributed by atoms with Gasteiger partial charge in [0.05, 0.1) is 6.04 Å². The van der Waals surface area contributed by atoms with Gasteiger partial charge in [0.2, 0.25) is 0 Å². The van der Waals surface area contributed by atoms with Gasteiger partial charge in [-0.2, -0.15) is 5.10 Å². The first-order valence-corrected chi connectivity index (χ1v) is 7.32. The molecule has 4 heteroatoms. The third-order valence-electron chi connectivity index (χ3n) is 3.79. The number of H-pyrrole nitrogens is 1. The van der Waals surface area contributed by atoms with E-state index in [1.807, 2.05) is 0 Å². The van der Waals surface area contributed by atoms with Crippen LogP contribution in [0.1, 0.15) is 70.1 Å². The van der Waals surface area contributed by atoms with Crippen LogP contribution in [0.4, 0.5) is 0 Å². The summed E-state index contributed by atoms with van der Waals surface area (Å²) in [7, 11) is 0. The molecule has 4 nitrogen and oxygen atoms in total. The molecule has 1 atom stereocenters. The summed E-state index contributed by atoms with van der Waals surface area (Å²) in [5.41, 5.74) is 6.22. The van der Waals surface area contributed by atoms with Gasteiger partial charge in [0.15, 0.2) is 5.82 Å². The SMILES string of the molecule is CC(C)Cc1nc([C@@H](N)CC2CCCCC2)n[nH]1. The first-order valence-electron chi connectivity index (χ1n) is 7.32. The van der Waals surface area contributed by atoms with Gasteiger partial charge in [0, 0.05) is 6.42 Å². The lowest BCUT2D eigenvalue weighted by Crippen LogP contribution is -2.18. The zero-order chi connectivity index (χ0) is 13.0. The molecule has 1 aliphatic rings. The Labute approximate surface area is 110 Å². The van der Waals surface area contributed by atoms with Gasteiger partial charge in [-0.1, -0.05) is 46.0 Å². The van der Waals surface area contributed by atoms with Crippen LogP contribution >= 0.6 is 0 Å². The molecule has 1 saturated carbocycles. The van der Waals surface area contributed by atoms with Crippen molar-refractivity contribution in [3.63, 3.8) is 0 Å². The zero-order valence-corrected chi connectivity index (χ0v) is 11.7. The Kier molecular flexibility index (Phi) is 4.75. The summed E-state index contributed by atoms with van der Waals surface area (Å²) < 4.78 is 0. The van der Waals surface area contributed by atoms with Crippen molar-refractivity contribution in [2.24, 2.45) is 17.6 Å². The molecule has 0 amide bonds. The van der Waals surface area contributed by atoms with E-state index in [1.54, 1.807) is 0 Å². The summed E-state index contributed by atoms with van der Waals surface area (Å²) >= 11 is 0. The van der Waals surface area contributed by atoms with Crippen LogP contribution in [-0.2, 0) is 6.42 Å². The maximum absolute atomic E-state index is 6.22. The molecular weight excluding hydrogens is 224 g/mol. The third kappa shape index (κ3) is 3.80. The lowest BCUT2D eigenvalue weighted by molar-refractivity contribution is 0.316. The van der Waals surface area contributed by atoms with Crippen molar-refractivity contribution in [3.8, 4) is 0 Å². The third-order valence-corrected chi connectivity index (χ3v) is 3.79. The maximum Gasteiger partial charge on any atom is 0.167 e. The Balaban J connectivity index is 1.87. The quantitative estimate of drug-likeness (QED) is 0.844. The highest BCUT2D eigenvalue weighted by atomic mass is 15.2. The van der Waals surface area contributed by atoms with Crippen molar-refractivity contribution in [2.75, 3.05) is 0 Å². The molecule has 102 valence electrons. The van der Waals surface area contributed by atoms with Gasteiger partial charge < -0.3 is 5.73 Å². The van der Waals surface area contributed by atoms with Gasteiger partial charge in [-0.25, -0.2) is 4.98 Å². The van der Waals surface area contributed by atoms with Gasteiger partial charge in [-0.3, -0.25) is 5.10 Å². The van der Waals surface area contributed by atoms with E-state index >= 15 is 0 Å². The van der Waals surface area contributed by atoms with Crippen molar-refractivity contribution in [1.29, 1.82) is 0 Å². The van der Waals surface area contributed by atoms with E-state index in [0.717, 1.165) is 30.4 Å². The Hall–Kier alpha value is -0.900. The minimum absolute atomic E-state index is 0.00487. The molecular formula is C14H26N4. The molecule has 0 radical (unpaired) electrons. The molecule has 18 heavy (non-hydrogen) atoms. The number of rotatable bonds is 5. The van der Waals surface area contributed by atoms with Gasteiger partial charge in [-0.05, 0) is 18.3 Å². The van der Waals surface area contributed by atoms with Crippen molar-refractivity contribution in [3.05, 3.63) is 11.6 Å². The molecule has 1 aromatic rings. The Morgan fingerprint density at radius 3 is 2.67 bits per heavy atom. The standard InChI is InChI=1S/C14H26N4/c1-10(2)8-13-16-14(18-17-13)12(15)9-11-6-4-3-5-7-11/h10-12H,3-9,15H2,1-2H3,(H,16,17,18)/t12-/m0/s1. The second kappa shape index (κ2) is 6.32. The number of aromatic nitrogens is 3. The minimum Gasteiger partial charge on any atom is -0.321 e. The summed E-state index contributed by atoms with van der Waals surface area (Å²) in [4.78, 5) is 4.52. The predicted molar refractivity (Wildman–Crippen MR) is 73.0 cm³/mol. The number of nitrogens with zero attached hydrogens (tertiary/aromatic N) is 2. The summed E-state index contributed by atoms with van der Waals surface area (Å²) in [5.74, 6) is 3.15. The molecule has 1 aromatic heterocycles.